The summed E-state index contributed by atoms with van der Waals surface area (Å²) in [4.78, 5) is 23.9. The summed E-state index contributed by atoms with van der Waals surface area (Å²) in [7, 11) is 0. The van der Waals surface area contributed by atoms with Crippen molar-refractivity contribution >= 4 is 11.7 Å². The summed E-state index contributed by atoms with van der Waals surface area (Å²) >= 11 is 0. The standard InChI is InChI=1S/C21H26N6O2/c1-14-11-15(2)27(25-14)19-12-18(22-20(28)13-26-9-5-4-6-10-26)23-21(24-19)17-8-7-16(3)29-17/h7-8,11-12H,4-6,9-10,13H2,1-3H3,(H,22,23,24,28). The number of carbonyl (C=O) groups excluding carboxylic acids is 1. The second kappa shape index (κ2) is 8.16. The molecule has 4 heterocycles. The molecular weight excluding hydrogens is 368 g/mol. The van der Waals surface area contributed by atoms with Gasteiger partial charge in [0, 0.05) is 11.8 Å². The van der Waals surface area contributed by atoms with Gasteiger partial charge in [-0.05, 0) is 64.9 Å². The minimum atomic E-state index is -0.0773. The first kappa shape index (κ1) is 19.3. The van der Waals surface area contributed by atoms with Crippen LogP contribution >= 0.6 is 0 Å². The summed E-state index contributed by atoms with van der Waals surface area (Å²) in [6.07, 6.45) is 3.53. The summed E-state index contributed by atoms with van der Waals surface area (Å²) in [6, 6.07) is 7.42. The largest absolute Gasteiger partial charge is 0.458 e. The quantitative estimate of drug-likeness (QED) is 0.714. The Morgan fingerprint density at radius 3 is 2.55 bits per heavy atom. The lowest BCUT2D eigenvalue weighted by Crippen LogP contribution is -2.37. The van der Waals surface area contributed by atoms with Crippen LogP contribution in [-0.4, -0.2) is 50.2 Å². The van der Waals surface area contributed by atoms with Crippen LogP contribution in [0.1, 0.15) is 36.4 Å². The molecule has 152 valence electrons. The van der Waals surface area contributed by atoms with Crippen molar-refractivity contribution in [2.24, 2.45) is 0 Å². The summed E-state index contributed by atoms with van der Waals surface area (Å²) in [5.41, 5.74) is 1.85. The highest BCUT2D eigenvalue weighted by Gasteiger charge is 2.17. The monoisotopic (exact) mass is 394 g/mol. The smallest absolute Gasteiger partial charge is 0.239 e. The number of carbonyl (C=O) groups is 1. The van der Waals surface area contributed by atoms with Crippen molar-refractivity contribution in [1.82, 2.24) is 24.6 Å². The van der Waals surface area contributed by atoms with Gasteiger partial charge in [-0.1, -0.05) is 6.42 Å². The Balaban J connectivity index is 1.64. The van der Waals surface area contributed by atoms with Gasteiger partial charge in [0.15, 0.2) is 17.4 Å². The molecule has 1 N–H and O–H groups in total. The minimum absolute atomic E-state index is 0.0773. The maximum atomic E-state index is 12.6. The van der Waals surface area contributed by atoms with Crippen LogP contribution in [0.5, 0.6) is 0 Å². The Labute approximate surface area is 170 Å². The summed E-state index contributed by atoms with van der Waals surface area (Å²) in [5, 5.41) is 7.44. The molecule has 3 aromatic heterocycles. The van der Waals surface area contributed by atoms with Gasteiger partial charge in [0.05, 0.1) is 12.2 Å². The van der Waals surface area contributed by atoms with Crippen molar-refractivity contribution in [3.8, 4) is 17.4 Å². The predicted molar refractivity (Wildman–Crippen MR) is 110 cm³/mol. The van der Waals surface area contributed by atoms with Crippen molar-refractivity contribution < 1.29 is 9.21 Å². The lowest BCUT2D eigenvalue weighted by Gasteiger charge is -2.25. The number of furan rings is 1. The van der Waals surface area contributed by atoms with Gasteiger partial charge in [-0.25, -0.2) is 14.6 Å². The maximum Gasteiger partial charge on any atom is 0.239 e. The number of likely N-dealkylation sites (tertiary alicyclic amines) is 1. The van der Waals surface area contributed by atoms with Crippen LogP contribution in [0.2, 0.25) is 0 Å². The zero-order valence-corrected chi connectivity index (χ0v) is 17.1. The van der Waals surface area contributed by atoms with E-state index >= 15 is 0 Å². The van der Waals surface area contributed by atoms with E-state index in [4.69, 9.17) is 4.42 Å². The average Bonchev–Trinajstić information content (AvgIpc) is 3.27. The van der Waals surface area contributed by atoms with Gasteiger partial charge in [-0.15, -0.1) is 0 Å². The molecule has 0 bridgehead atoms. The summed E-state index contributed by atoms with van der Waals surface area (Å²) in [5.74, 6) is 2.69. The third kappa shape index (κ3) is 4.54. The van der Waals surface area contributed by atoms with Crippen LogP contribution in [0.4, 0.5) is 5.82 Å². The highest BCUT2D eigenvalue weighted by molar-refractivity contribution is 5.91. The van der Waals surface area contributed by atoms with E-state index < -0.39 is 0 Å². The maximum absolute atomic E-state index is 12.6. The van der Waals surface area contributed by atoms with Crippen LogP contribution < -0.4 is 5.32 Å². The molecule has 0 atom stereocenters. The molecule has 29 heavy (non-hydrogen) atoms. The molecule has 1 amide bonds. The molecular formula is C21H26N6O2. The van der Waals surface area contributed by atoms with Gasteiger partial charge in [0.25, 0.3) is 0 Å². The van der Waals surface area contributed by atoms with Crippen molar-refractivity contribution in [2.75, 3.05) is 25.0 Å². The van der Waals surface area contributed by atoms with Gasteiger partial charge in [0.1, 0.15) is 11.6 Å². The highest BCUT2D eigenvalue weighted by Crippen LogP contribution is 2.23. The number of rotatable bonds is 5. The second-order valence-corrected chi connectivity index (χ2v) is 7.57. The summed E-state index contributed by atoms with van der Waals surface area (Å²) < 4.78 is 7.45. The van der Waals surface area contributed by atoms with Crippen LogP contribution in [0.3, 0.4) is 0 Å². The van der Waals surface area contributed by atoms with Crippen molar-refractivity contribution in [3.63, 3.8) is 0 Å². The zero-order chi connectivity index (χ0) is 20.4. The molecule has 0 aromatic carbocycles. The number of hydrogen-bond donors (Lipinski definition) is 1. The van der Waals surface area contributed by atoms with E-state index in [2.05, 4.69) is 25.3 Å². The molecule has 1 fully saturated rings. The fourth-order valence-corrected chi connectivity index (χ4v) is 3.64. The number of amides is 1. The molecule has 0 radical (unpaired) electrons. The third-order valence-corrected chi connectivity index (χ3v) is 4.98. The van der Waals surface area contributed by atoms with Crippen LogP contribution in [0.25, 0.3) is 17.4 Å². The Kier molecular flexibility index (Phi) is 5.44. The van der Waals surface area contributed by atoms with E-state index in [0.29, 0.717) is 29.8 Å². The van der Waals surface area contributed by atoms with Crippen LogP contribution in [-0.2, 0) is 4.79 Å². The van der Waals surface area contributed by atoms with Crippen LogP contribution in [0, 0.1) is 20.8 Å². The first-order valence-electron chi connectivity index (χ1n) is 10.00. The highest BCUT2D eigenvalue weighted by atomic mass is 16.3. The number of hydrogen-bond acceptors (Lipinski definition) is 6. The number of aromatic nitrogens is 4. The number of aryl methyl sites for hydroxylation is 3. The topological polar surface area (TPSA) is 89.1 Å². The molecule has 0 saturated carbocycles. The lowest BCUT2D eigenvalue weighted by atomic mass is 10.1. The Bertz CT molecular complexity index is 1020. The van der Waals surface area contributed by atoms with Crippen molar-refractivity contribution in [2.45, 2.75) is 40.0 Å². The molecule has 0 aliphatic carbocycles. The minimum Gasteiger partial charge on any atom is -0.458 e. The van der Waals surface area contributed by atoms with E-state index in [9.17, 15) is 4.79 Å². The molecule has 8 nitrogen and oxygen atoms in total. The number of nitrogens with one attached hydrogen (secondary N) is 1. The molecule has 1 aliphatic rings. The van der Waals surface area contributed by atoms with E-state index in [0.717, 1.165) is 43.1 Å². The van der Waals surface area contributed by atoms with Gasteiger partial charge in [-0.2, -0.15) is 5.10 Å². The fourth-order valence-electron chi connectivity index (χ4n) is 3.64. The molecule has 3 aromatic rings. The Hall–Kier alpha value is -3.00. The summed E-state index contributed by atoms with van der Waals surface area (Å²) in [6.45, 7) is 8.07. The molecule has 0 unspecified atom stereocenters. The first-order valence-corrected chi connectivity index (χ1v) is 10.00. The molecule has 8 heteroatoms. The Morgan fingerprint density at radius 2 is 1.90 bits per heavy atom. The van der Waals surface area contributed by atoms with E-state index in [-0.39, 0.29) is 5.91 Å². The van der Waals surface area contributed by atoms with Gasteiger partial charge in [0.2, 0.25) is 5.91 Å². The normalized spacial score (nSPS) is 14.9. The first-order chi connectivity index (χ1) is 14.0. The predicted octanol–water partition coefficient (Wildman–Crippen LogP) is 3.27. The van der Waals surface area contributed by atoms with Gasteiger partial charge < -0.3 is 9.73 Å². The third-order valence-electron chi connectivity index (χ3n) is 4.98. The number of anilines is 1. The van der Waals surface area contributed by atoms with Crippen LogP contribution in [0.15, 0.2) is 28.7 Å². The van der Waals surface area contributed by atoms with Gasteiger partial charge in [-0.3, -0.25) is 9.69 Å². The van der Waals surface area contributed by atoms with Crippen molar-refractivity contribution in [3.05, 3.63) is 41.4 Å². The molecule has 1 saturated heterocycles. The molecule has 1 aliphatic heterocycles. The second-order valence-electron chi connectivity index (χ2n) is 7.57. The van der Waals surface area contributed by atoms with Gasteiger partial charge >= 0.3 is 0 Å². The SMILES string of the molecule is Cc1cc(C)n(-c2cc(NC(=O)CN3CCCCC3)nc(-c3ccc(C)o3)n2)n1. The van der Waals surface area contributed by atoms with E-state index in [1.54, 1.807) is 10.7 Å². The fraction of sp³-hybridized carbons (Fsp3) is 0.429. The van der Waals surface area contributed by atoms with E-state index in [1.807, 2.05) is 39.0 Å². The average molecular weight is 394 g/mol. The zero-order valence-electron chi connectivity index (χ0n) is 17.1. The number of nitrogens with zero attached hydrogens (tertiary/aromatic N) is 5. The number of piperidine rings is 1. The van der Waals surface area contributed by atoms with Crippen molar-refractivity contribution in [1.29, 1.82) is 0 Å². The molecule has 0 spiro atoms. The lowest BCUT2D eigenvalue weighted by molar-refractivity contribution is -0.117. The van der Waals surface area contributed by atoms with E-state index in [1.165, 1.54) is 6.42 Å². The Morgan fingerprint density at radius 1 is 1.10 bits per heavy atom. The molecule has 4 rings (SSSR count).